The lowest BCUT2D eigenvalue weighted by molar-refractivity contribution is -0.0563. The van der Waals surface area contributed by atoms with Gasteiger partial charge in [-0.1, -0.05) is 0 Å². The third-order valence-corrected chi connectivity index (χ3v) is 1.43. The first-order valence-corrected chi connectivity index (χ1v) is 2.70. The van der Waals surface area contributed by atoms with Gasteiger partial charge in [-0.2, -0.15) is 0 Å². The van der Waals surface area contributed by atoms with Crippen LogP contribution >= 0.6 is 0 Å². The fourth-order valence-electron chi connectivity index (χ4n) is 0.918. The first-order valence-electron chi connectivity index (χ1n) is 2.70. The summed E-state index contributed by atoms with van der Waals surface area (Å²) in [4.78, 5) is 0. The summed E-state index contributed by atoms with van der Waals surface area (Å²) in [5.74, 6) is -3.35. The third-order valence-electron chi connectivity index (χ3n) is 1.43. The maximum Gasteiger partial charge on any atom is 0.281 e. The second-order valence-corrected chi connectivity index (χ2v) is 2.29. The van der Waals surface area contributed by atoms with E-state index in [1.54, 1.807) is 0 Å². The van der Waals surface area contributed by atoms with Crippen LogP contribution in [0.3, 0.4) is 0 Å². The Morgan fingerprint density at radius 3 is 2.11 bits per heavy atom. The fourth-order valence-corrected chi connectivity index (χ4v) is 0.918. The molecule has 1 aliphatic carbocycles. The van der Waals surface area contributed by atoms with Gasteiger partial charge in [-0.15, -0.1) is 0 Å². The first-order chi connectivity index (χ1) is 4.02. The Bertz CT molecular complexity index is 115. The van der Waals surface area contributed by atoms with E-state index < -0.39 is 31.0 Å². The van der Waals surface area contributed by atoms with Crippen LogP contribution in [0.5, 0.6) is 0 Å². The zero-order chi connectivity index (χ0) is 7.07. The third kappa shape index (κ3) is 1.18. The Morgan fingerprint density at radius 1 is 1.44 bits per heavy atom. The van der Waals surface area contributed by atoms with E-state index in [9.17, 15) is 18.3 Å². The van der Waals surface area contributed by atoms with Gasteiger partial charge in [0.15, 0.2) is 6.17 Å². The van der Waals surface area contributed by atoms with Crippen LogP contribution in [0.4, 0.5) is 13.2 Å². The number of hydrogen-bond acceptors (Lipinski definition) is 0. The lowest BCUT2D eigenvalue weighted by Gasteiger charge is -2.08. The van der Waals surface area contributed by atoms with Crippen molar-refractivity contribution >= 4 is 0 Å². The molecule has 0 aromatic heterocycles. The van der Waals surface area contributed by atoms with Crippen molar-refractivity contribution in [1.29, 1.82) is 0 Å². The molecule has 1 aliphatic rings. The summed E-state index contributed by atoms with van der Waals surface area (Å²) in [5.41, 5.74) is 0. The molecule has 1 radical (unpaired) electrons. The molecule has 4 heteroatoms. The highest BCUT2D eigenvalue weighted by Gasteiger charge is 2.49. The Hall–Kier alpha value is -0.250. The molecule has 2 atom stereocenters. The summed E-state index contributed by atoms with van der Waals surface area (Å²) < 4.78 is 36.0. The standard InChI is InChI=1S/C5H6F3O/c6-4-1-3(9)2-5(4,7)8/h3-4H,1-2H2. The van der Waals surface area contributed by atoms with Crippen molar-refractivity contribution in [2.24, 2.45) is 0 Å². The summed E-state index contributed by atoms with van der Waals surface area (Å²) in [5, 5.41) is 10.2. The van der Waals surface area contributed by atoms with E-state index in [1.165, 1.54) is 0 Å². The largest absolute Gasteiger partial charge is 0.281 e. The Labute approximate surface area is 50.5 Å². The molecule has 2 unspecified atom stereocenters. The Kier molecular flexibility index (Phi) is 1.42. The van der Waals surface area contributed by atoms with Gasteiger partial charge in [-0.25, -0.2) is 18.3 Å². The molecule has 0 saturated heterocycles. The summed E-state index contributed by atoms with van der Waals surface area (Å²) in [6, 6.07) is 0. The van der Waals surface area contributed by atoms with Crippen molar-refractivity contribution in [3.63, 3.8) is 0 Å². The van der Waals surface area contributed by atoms with Crippen LogP contribution < -0.4 is 0 Å². The molecule has 1 fully saturated rings. The SMILES string of the molecule is [O]C1CC(F)C(F)(F)C1. The topological polar surface area (TPSA) is 19.9 Å². The smallest absolute Gasteiger partial charge is 0.241 e. The predicted molar refractivity (Wildman–Crippen MR) is 23.6 cm³/mol. The van der Waals surface area contributed by atoms with Crippen LogP contribution in [-0.4, -0.2) is 18.2 Å². The zero-order valence-electron chi connectivity index (χ0n) is 4.61. The number of halogens is 3. The fraction of sp³-hybridized carbons (Fsp3) is 1.00. The Balaban J connectivity index is 2.58. The van der Waals surface area contributed by atoms with E-state index in [-0.39, 0.29) is 0 Å². The van der Waals surface area contributed by atoms with Crippen LogP contribution in [0.25, 0.3) is 0 Å². The minimum atomic E-state index is -3.35. The molecular formula is C5H6F3O. The highest BCUT2D eigenvalue weighted by Crippen LogP contribution is 2.37. The van der Waals surface area contributed by atoms with Crippen molar-refractivity contribution in [3.05, 3.63) is 0 Å². The highest BCUT2D eigenvalue weighted by molar-refractivity contribution is 4.89. The normalized spacial score (nSPS) is 41.3. The predicted octanol–water partition coefficient (Wildman–Crippen LogP) is 1.55. The van der Waals surface area contributed by atoms with Gasteiger partial charge in [0.1, 0.15) is 6.10 Å². The molecule has 0 aliphatic heterocycles. The van der Waals surface area contributed by atoms with Crippen molar-refractivity contribution in [2.75, 3.05) is 0 Å². The van der Waals surface area contributed by atoms with Gasteiger partial charge < -0.3 is 0 Å². The maximum absolute atomic E-state index is 12.0. The van der Waals surface area contributed by atoms with E-state index in [2.05, 4.69) is 0 Å². The monoisotopic (exact) mass is 139 g/mol. The second-order valence-electron chi connectivity index (χ2n) is 2.29. The maximum atomic E-state index is 12.0. The molecular weight excluding hydrogens is 133 g/mol. The van der Waals surface area contributed by atoms with E-state index in [0.29, 0.717) is 0 Å². The zero-order valence-corrected chi connectivity index (χ0v) is 4.61. The van der Waals surface area contributed by atoms with Crippen LogP contribution in [-0.2, 0) is 5.11 Å². The van der Waals surface area contributed by atoms with E-state index >= 15 is 0 Å². The van der Waals surface area contributed by atoms with E-state index in [4.69, 9.17) is 0 Å². The van der Waals surface area contributed by atoms with Gasteiger partial charge in [0.2, 0.25) is 0 Å². The molecule has 53 valence electrons. The lowest BCUT2D eigenvalue weighted by atomic mass is 10.3. The van der Waals surface area contributed by atoms with Crippen LogP contribution in [0.2, 0.25) is 0 Å². The average Bonchev–Trinajstić information content (AvgIpc) is 1.79. The molecule has 0 N–H and O–H groups in total. The molecule has 0 spiro atoms. The van der Waals surface area contributed by atoms with Gasteiger partial charge in [0.05, 0.1) is 0 Å². The summed E-state index contributed by atoms with van der Waals surface area (Å²) >= 11 is 0. The molecule has 9 heavy (non-hydrogen) atoms. The van der Waals surface area contributed by atoms with Gasteiger partial charge in [0.25, 0.3) is 5.92 Å². The molecule has 0 amide bonds. The summed E-state index contributed by atoms with van der Waals surface area (Å²) in [6.45, 7) is 0. The van der Waals surface area contributed by atoms with Gasteiger partial charge >= 0.3 is 0 Å². The van der Waals surface area contributed by atoms with Crippen molar-refractivity contribution in [3.8, 4) is 0 Å². The molecule has 0 aromatic rings. The molecule has 1 saturated carbocycles. The minimum absolute atomic E-state index is 0.535. The first kappa shape index (κ1) is 6.86. The van der Waals surface area contributed by atoms with Crippen LogP contribution in [0.1, 0.15) is 12.8 Å². The van der Waals surface area contributed by atoms with E-state index in [1.807, 2.05) is 0 Å². The summed E-state index contributed by atoms with van der Waals surface area (Å²) in [7, 11) is 0. The number of hydrogen-bond donors (Lipinski definition) is 0. The minimum Gasteiger partial charge on any atom is -0.241 e. The van der Waals surface area contributed by atoms with Crippen LogP contribution in [0, 0.1) is 0 Å². The van der Waals surface area contributed by atoms with E-state index in [0.717, 1.165) is 0 Å². The molecule has 0 heterocycles. The molecule has 1 nitrogen and oxygen atoms in total. The second kappa shape index (κ2) is 1.87. The van der Waals surface area contributed by atoms with Crippen molar-refractivity contribution in [1.82, 2.24) is 0 Å². The molecule has 0 aromatic carbocycles. The average molecular weight is 139 g/mol. The lowest BCUT2D eigenvalue weighted by Crippen LogP contribution is -2.22. The summed E-state index contributed by atoms with van der Waals surface area (Å²) in [6.07, 6.45) is -4.99. The van der Waals surface area contributed by atoms with Gasteiger partial charge in [-0.05, 0) is 0 Å². The quantitative estimate of drug-likeness (QED) is 0.485. The van der Waals surface area contributed by atoms with Gasteiger partial charge in [0, 0.05) is 12.8 Å². The number of rotatable bonds is 0. The highest BCUT2D eigenvalue weighted by atomic mass is 19.3. The van der Waals surface area contributed by atoms with Crippen molar-refractivity contribution < 1.29 is 18.3 Å². The van der Waals surface area contributed by atoms with Gasteiger partial charge in [-0.3, -0.25) is 0 Å². The Morgan fingerprint density at radius 2 is 2.00 bits per heavy atom. The number of alkyl halides is 3. The molecule has 1 rings (SSSR count). The molecule has 0 bridgehead atoms. The van der Waals surface area contributed by atoms with Crippen LogP contribution in [0.15, 0.2) is 0 Å². The van der Waals surface area contributed by atoms with Crippen molar-refractivity contribution in [2.45, 2.75) is 31.0 Å².